The Morgan fingerprint density at radius 1 is 1.17 bits per heavy atom. The first-order valence-electron chi connectivity index (χ1n) is 6.72. The van der Waals surface area contributed by atoms with Crippen LogP contribution in [0.15, 0.2) is 0 Å². The average molecular weight is 296 g/mol. The highest BCUT2D eigenvalue weighted by Crippen LogP contribution is 2.44. The highest BCUT2D eigenvalue weighted by atomic mass is 35.5. The third-order valence-corrected chi connectivity index (χ3v) is 6.92. The van der Waals surface area contributed by atoms with Crippen LogP contribution in [0.2, 0.25) is 0 Å². The van der Waals surface area contributed by atoms with Crippen LogP contribution in [0.5, 0.6) is 0 Å². The molecule has 0 aromatic carbocycles. The summed E-state index contributed by atoms with van der Waals surface area (Å²) >= 11 is 0. The van der Waals surface area contributed by atoms with Crippen molar-refractivity contribution in [2.75, 3.05) is 37.7 Å². The SMILES string of the molecule is O=S1(=O)CC[N+]2(CC1)CC1CCC2C(CO)C1.[Cl-]. The van der Waals surface area contributed by atoms with Crippen molar-refractivity contribution in [3.63, 3.8) is 0 Å². The largest absolute Gasteiger partial charge is 1.00 e. The molecule has 3 heterocycles. The van der Waals surface area contributed by atoms with Crippen molar-refractivity contribution in [3.05, 3.63) is 0 Å². The van der Waals surface area contributed by atoms with Gasteiger partial charge in [-0.05, 0) is 12.8 Å². The zero-order chi connectivity index (χ0) is 12.1. The first kappa shape index (κ1) is 14.6. The maximum Gasteiger partial charge on any atom is 0.161 e. The van der Waals surface area contributed by atoms with E-state index in [9.17, 15) is 13.5 Å². The second kappa shape index (κ2) is 4.93. The molecule has 3 saturated heterocycles. The van der Waals surface area contributed by atoms with Gasteiger partial charge < -0.3 is 22.0 Å². The Bertz CT molecular complexity index is 398. The number of hydrogen-bond donors (Lipinski definition) is 1. The van der Waals surface area contributed by atoms with Crippen molar-refractivity contribution >= 4 is 9.84 Å². The zero-order valence-electron chi connectivity index (χ0n) is 10.6. The van der Waals surface area contributed by atoms with Crippen LogP contribution < -0.4 is 12.4 Å². The summed E-state index contributed by atoms with van der Waals surface area (Å²) < 4.78 is 24.1. The van der Waals surface area contributed by atoms with Gasteiger partial charge in [-0.1, -0.05) is 0 Å². The minimum absolute atomic E-state index is 0. The smallest absolute Gasteiger partial charge is 0.161 e. The van der Waals surface area contributed by atoms with Gasteiger partial charge >= 0.3 is 0 Å². The highest BCUT2D eigenvalue weighted by molar-refractivity contribution is 7.91. The molecule has 4 fully saturated rings. The number of quaternary nitrogens is 1. The van der Waals surface area contributed by atoms with Crippen molar-refractivity contribution in [3.8, 4) is 0 Å². The van der Waals surface area contributed by atoms with E-state index in [1.807, 2.05) is 0 Å². The van der Waals surface area contributed by atoms with E-state index in [2.05, 4.69) is 0 Å². The molecule has 4 rings (SSSR count). The standard InChI is InChI=1S/C12H22NO3S.ClH/c14-9-11-7-10-1-2-12(11)13(8-10)3-5-17(15,16)6-4-13;/h10-12,14H,1-9H2;1H/q+1;/p-1. The van der Waals surface area contributed by atoms with Gasteiger partial charge in [0, 0.05) is 18.3 Å². The Hall–Kier alpha value is 0.160. The van der Waals surface area contributed by atoms with E-state index in [-0.39, 0.29) is 19.0 Å². The zero-order valence-corrected chi connectivity index (χ0v) is 12.2. The van der Waals surface area contributed by atoms with Crippen LogP contribution in [0.25, 0.3) is 0 Å². The number of nitrogens with zero attached hydrogens (tertiary/aromatic N) is 1. The van der Waals surface area contributed by atoms with Gasteiger partial charge in [0.2, 0.25) is 0 Å². The molecule has 0 aromatic rings. The van der Waals surface area contributed by atoms with Crippen molar-refractivity contribution in [2.45, 2.75) is 25.3 Å². The maximum absolute atomic E-state index is 11.6. The molecule has 3 atom stereocenters. The number of rotatable bonds is 1. The number of fused-ring (bicyclic) bond motifs is 2. The summed E-state index contributed by atoms with van der Waals surface area (Å²) in [4.78, 5) is 0. The average Bonchev–Trinajstić information content (AvgIpc) is 2.34. The fourth-order valence-corrected chi connectivity index (χ4v) is 5.94. The molecule has 1 spiro atoms. The van der Waals surface area contributed by atoms with Gasteiger partial charge in [-0.15, -0.1) is 0 Å². The number of aliphatic hydroxyl groups is 1. The van der Waals surface area contributed by atoms with Gasteiger partial charge in [0.1, 0.15) is 0 Å². The third-order valence-electron chi connectivity index (χ3n) is 5.31. The van der Waals surface area contributed by atoms with Gasteiger partial charge in [0.25, 0.3) is 0 Å². The minimum atomic E-state index is -2.78. The second-order valence-electron chi connectivity index (χ2n) is 6.19. The Balaban J connectivity index is 0.00000120. The number of aliphatic hydroxyl groups excluding tert-OH is 1. The monoisotopic (exact) mass is 295 g/mol. The first-order valence-corrected chi connectivity index (χ1v) is 8.54. The predicted octanol–water partition coefficient (Wildman–Crippen LogP) is -2.97. The Morgan fingerprint density at radius 3 is 2.39 bits per heavy atom. The van der Waals surface area contributed by atoms with Crippen molar-refractivity contribution in [1.29, 1.82) is 0 Å². The van der Waals surface area contributed by atoms with Crippen molar-refractivity contribution in [2.24, 2.45) is 11.8 Å². The van der Waals surface area contributed by atoms with Gasteiger partial charge in [0.15, 0.2) is 9.84 Å². The molecule has 6 heteroatoms. The molecule has 1 N–H and O–H groups in total. The van der Waals surface area contributed by atoms with Crippen LogP contribution in [-0.4, -0.2) is 61.8 Å². The quantitative estimate of drug-likeness (QED) is 0.526. The summed E-state index contributed by atoms with van der Waals surface area (Å²) in [6.07, 6.45) is 3.64. The Kier molecular flexibility index (Phi) is 3.99. The lowest BCUT2D eigenvalue weighted by Gasteiger charge is -2.58. The molecule has 2 bridgehead atoms. The lowest BCUT2D eigenvalue weighted by molar-refractivity contribution is -0.966. The summed E-state index contributed by atoms with van der Waals surface area (Å²) in [5, 5.41) is 9.50. The van der Waals surface area contributed by atoms with Gasteiger partial charge in [-0.3, -0.25) is 0 Å². The van der Waals surface area contributed by atoms with E-state index >= 15 is 0 Å². The van der Waals surface area contributed by atoms with E-state index < -0.39 is 9.84 Å². The van der Waals surface area contributed by atoms with Crippen LogP contribution in [0.3, 0.4) is 0 Å². The van der Waals surface area contributed by atoms with Crippen LogP contribution >= 0.6 is 0 Å². The molecule has 0 radical (unpaired) electrons. The molecule has 18 heavy (non-hydrogen) atoms. The Labute approximate surface area is 115 Å². The topological polar surface area (TPSA) is 54.4 Å². The molecular weight excluding hydrogens is 274 g/mol. The lowest BCUT2D eigenvalue weighted by atomic mass is 9.71. The molecule has 4 aliphatic rings. The summed E-state index contributed by atoms with van der Waals surface area (Å²) in [6, 6.07) is 0.528. The molecule has 4 nitrogen and oxygen atoms in total. The third kappa shape index (κ3) is 2.30. The maximum atomic E-state index is 11.6. The van der Waals surface area contributed by atoms with E-state index in [1.54, 1.807) is 0 Å². The van der Waals surface area contributed by atoms with E-state index in [0.29, 0.717) is 23.5 Å². The number of hydrogen-bond acceptors (Lipinski definition) is 3. The van der Waals surface area contributed by atoms with E-state index in [0.717, 1.165) is 36.5 Å². The number of sulfone groups is 1. The van der Waals surface area contributed by atoms with Crippen LogP contribution in [0.1, 0.15) is 19.3 Å². The fraction of sp³-hybridized carbons (Fsp3) is 1.00. The molecule has 3 aliphatic heterocycles. The molecular formula is C12H22ClNO3S. The molecule has 1 aliphatic carbocycles. The number of piperidine rings is 2. The summed E-state index contributed by atoms with van der Waals surface area (Å²) in [6.45, 7) is 3.03. The van der Waals surface area contributed by atoms with Gasteiger partial charge in [0.05, 0.1) is 43.8 Å². The van der Waals surface area contributed by atoms with Gasteiger partial charge in [-0.2, -0.15) is 0 Å². The predicted molar refractivity (Wildman–Crippen MR) is 65.2 cm³/mol. The van der Waals surface area contributed by atoms with Crippen molar-refractivity contribution in [1.82, 2.24) is 0 Å². The van der Waals surface area contributed by atoms with E-state index in [1.165, 1.54) is 12.8 Å². The van der Waals surface area contributed by atoms with Crippen LogP contribution in [-0.2, 0) is 9.84 Å². The molecule has 3 unspecified atom stereocenters. The van der Waals surface area contributed by atoms with Crippen molar-refractivity contribution < 1.29 is 30.4 Å². The highest BCUT2D eigenvalue weighted by Gasteiger charge is 2.53. The fourth-order valence-electron chi connectivity index (χ4n) is 4.45. The van der Waals surface area contributed by atoms with Gasteiger partial charge in [-0.25, -0.2) is 8.42 Å². The molecule has 0 amide bonds. The molecule has 1 saturated carbocycles. The Morgan fingerprint density at radius 2 is 1.83 bits per heavy atom. The normalized spacial score (nSPS) is 40.4. The first-order chi connectivity index (χ1) is 8.05. The summed E-state index contributed by atoms with van der Waals surface area (Å²) in [5.74, 6) is 1.85. The number of halogens is 1. The van der Waals surface area contributed by atoms with E-state index in [4.69, 9.17) is 0 Å². The minimum Gasteiger partial charge on any atom is -1.00 e. The summed E-state index contributed by atoms with van der Waals surface area (Å²) in [7, 11) is -2.78. The molecule has 106 valence electrons. The lowest BCUT2D eigenvalue weighted by Crippen LogP contribution is -3.00. The second-order valence-corrected chi connectivity index (χ2v) is 8.49. The van der Waals surface area contributed by atoms with Crippen LogP contribution in [0, 0.1) is 11.8 Å². The summed E-state index contributed by atoms with van der Waals surface area (Å²) in [5.41, 5.74) is 0. The molecule has 0 aromatic heterocycles. The van der Waals surface area contributed by atoms with Crippen LogP contribution in [0.4, 0.5) is 0 Å².